The predicted molar refractivity (Wildman–Crippen MR) is 69.8 cm³/mol. The second-order valence-corrected chi connectivity index (χ2v) is 3.95. The molecule has 104 valence electrons. The van der Waals surface area contributed by atoms with E-state index in [1.54, 1.807) is 24.5 Å². The number of nitrogens with zero attached hydrogens (tertiary/aromatic N) is 1. The molecule has 0 spiro atoms. The fourth-order valence-electron chi connectivity index (χ4n) is 1.18. The second-order valence-electron chi connectivity index (χ2n) is 3.54. The number of rotatable bonds is 2. The molecule has 0 saturated heterocycles. The number of aromatic carboxylic acids is 1. The van der Waals surface area contributed by atoms with Crippen LogP contribution in [0.25, 0.3) is 0 Å². The zero-order valence-corrected chi connectivity index (χ0v) is 10.8. The third kappa shape index (κ3) is 4.54. The van der Waals surface area contributed by atoms with E-state index in [9.17, 15) is 20.0 Å². The number of nitro groups is 1. The van der Waals surface area contributed by atoms with Gasteiger partial charge in [0.25, 0.3) is 5.69 Å². The van der Waals surface area contributed by atoms with Gasteiger partial charge in [-0.2, -0.15) is 0 Å². The number of nitrogens with one attached hydrogen (secondary N) is 1. The Bertz CT molecular complexity index is 619. The Morgan fingerprint density at radius 1 is 1.25 bits per heavy atom. The first-order chi connectivity index (χ1) is 9.41. The van der Waals surface area contributed by atoms with Gasteiger partial charge in [0.1, 0.15) is 0 Å². The number of nitrogens with two attached hydrogens (primary N) is 1. The minimum Gasteiger partial charge on any atom is -0.545 e. The van der Waals surface area contributed by atoms with Crippen LogP contribution in [0.2, 0.25) is 5.02 Å². The number of aromatic nitrogens is 1. The number of carbonyl (C=O) groups excluding carboxylic acids is 1. The van der Waals surface area contributed by atoms with E-state index in [2.05, 4.69) is 4.98 Å². The average Bonchev–Trinajstić information content (AvgIpc) is 2.39. The number of hydrogen-bond donors (Lipinski definition) is 1. The summed E-state index contributed by atoms with van der Waals surface area (Å²) in [5, 5.41) is 20.4. The van der Waals surface area contributed by atoms with Crippen molar-refractivity contribution >= 4 is 28.9 Å². The summed E-state index contributed by atoms with van der Waals surface area (Å²) in [5.41, 5.74) is 5.62. The van der Waals surface area contributed by atoms with E-state index < -0.39 is 10.9 Å². The number of pyridine rings is 1. The van der Waals surface area contributed by atoms with Gasteiger partial charge in [0, 0.05) is 35.5 Å². The van der Waals surface area contributed by atoms with Gasteiger partial charge in [0.2, 0.25) is 0 Å². The van der Waals surface area contributed by atoms with Gasteiger partial charge >= 0.3 is 0 Å². The number of carbonyl (C=O) groups is 1. The molecule has 2 aromatic rings. The van der Waals surface area contributed by atoms with Gasteiger partial charge in [-0.15, -0.1) is 0 Å². The molecule has 0 unspecified atom stereocenters. The standard InChI is InChI=1S/C7H4ClNO4.C5H6N2/c8-6-3-4(9(12)13)1-2-5(6)7(10)11;6-5-1-3-7-4-2-5/h1-3H,(H,10,11);1-4H,(H2,6,7). The fourth-order valence-corrected chi connectivity index (χ4v) is 1.43. The Balaban J connectivity index is 0.000000240. The molecule has 0 aliphatic carbocycles. The Morgan fingerprint density at radius 2 is 1.85 bits per heavy atom. The summed E-state index contributed by atoms with van der Waals surface area (Å²) >= 11 is 5.44. The Kier molecular flexibility index (Phi) is 5.42. The fraction of sp³-hybridized carbons (Fsp3) is 0. The average molecular weight is 296 g/mol. The maximum Gasteiger partial charge on any atom is 0.270 e. The van der Waals surface area contributed by atoms with Crippen molar-refractivity contribution in [1.82, 2.24) is 0 Å². The first-order valence-corrected chi connectivity index (χ1v) is 5.66. The number of nitrogen functional groups attached to an aromatic ring is 1. The Morgan fingerprint density at radius 3 is 2.20 bits per heavy atom. The molecule has 0 fully saturated rings. The van der Waals surface area contributed by atoms with E-state index in [0.717, 1.165) is 23.9 Å². The van der Waals surface area contributed by atoms with E-state index in [1.807, 2.05) is 0 Å². The van der Waals surface area contributed by atoms with E-state index in [4.69, 9.17) is 17.3 Å². The highest BCUT2D eigenvalue weighted by atomic mass is 35.5. The number of aromatic amines is 1. The molecular formula is C12H10ClN3O4. The topological polar surface area (TPSA) is 123 Å². The highest BCUT2D eigenvalue weighted by Gasteiger charge is 2.09. The molecular weight excluding hydrogens is 286 g/mol. The molecule has 0 aliphatic heterocycles. The van der Waals surface area contributed by atoms with Crippen LogP contribution < -0.4 is 15.8 Å². The zero-order valence-electron chi connectivity index (χ0n) is 10.1. The van der Waals surface area contributed by atoms with E-state index in [0.29, 0.717) is 0 Å². The largest absolute Gasteiger partial charge is 0.545 e. The van der Waals surface area contributed by atoms with E-state index in [-0.39, 0.29) is 16.3 Å². The number of non-ortho nitro benzene ring substituents is 1. The van der Waals surface area contributed by atoms with Crippen molar-refractivity contribution in [2.24, 2.45) is 0 Å². The number of hydrogen-bond acceptors (Lipinski definition) is 5. The Hall–Kier alpha value is -2.67. The van der Waals surface area contributed by atoms with Crippen molar-refractivity contribution in [2.45, 2.75) is 0 Å². The number of H-pyrrole nitrogens is 1. The Labute approximate surface area is 118 Å². The van der Waals surface area contributed by atoms with Crippen LogP contribution in [0.1, 0.15) is 10.4 Å². The number of nitro benzene ring substituents is 1. The maximum absolute atomic E-state index is 10.3. The van der Waals surface area contributed by atoms with Crippen LogP contribution in [0, 0.1) is 10.1 Å². The van der Waals surface area contributed by atoms with Crippen molar-refractivity contribution in [3.8, 4) is 0 Å². The SMILES string of the molecule is Nc1cc[nH+]cc1.O=C([O-])c1ccc([N+](=O)[O-])cc1Cl. The first-order valence-electron chi connectivity index (χ1n) is 5.28. The number of carboxylic acid groups (broad SMARTS) is 1. The van der Waals surface area contributed by atoms with Gasteiger partial charge in [-0.1, -0.05) is 11.6 Å². The lowest BCUT2D eigenvalue weighted by atomic mass is 10.2. The summed E-state index contributed by atoms with van der Waals surface area (Å²) in [4.78, 5) is 22.7. The first kappa shape index (κ1) is 15.4. The third-order valence-corrected chi connectivity index (χ3v) is 2.44. The van der Waals surface area contributed by atoms with Crippen molar-refractivity contribution in [1.29, 1.82) is 0 Å². The lowest BCUT2D eigenvalue weighted by Gasteiger charge is -2.03. The highest BCUT2D eigenvalue weighted by molar-refractivity contribution is 6.33. The predicted octanol–water partition coefficient (Wildman–Crippen LogP) is 0.695. The normalized spacial score (nSPS) is 9.25. The second kappa shape index (κ2) is 7.05. The van der Waals surface area contributed by atoms with Crippen LogP contribution in [0.3, 0.4) is 0 Å². The molecule has 2 rings (SSSR count). The molecule has 1 aromatic carbocycles. The van der Waals surface area contributed by atoms with Crippen LogP contribution in [0.4, 0.5) is 11.4 Å². The molecule has 20 heavy (non-hydrogen) atoms. The summed E-state index contributed by atoms with van der Waals surface area (Å²) < 4.78 is 0. The van der Waals surface area contributed by atoms with Crippen molar-refractivity contribution in [2.75, 3.05) is 5.73 Å². The minimum atomic E-state index is -1.46. The molecule has 0 atom stereocenters. The van der Waals surface area contributed by atoms with Crippen LogP contribution >= 0.6 is 11.6 Å². The lowest BCUT2D eigenvalue weighted by molar-refractivity contribution is -0.384. The van der Waals surface area contributed by atoms with Crippen LogP contribution in [0.5, 0.6) is 0 Å². The molecule has 1 aromatic heterocycles. The minimum absolute atomic E-state index is 0.200. The van der Waals surface area contributed by atoms with E-state index >= 15 is 0 Å². The number of carboxylic acids is 1. The van der Waals surface area contributed by atoms with Crippen LogP contribution in [-0.2, 0) is 0 Å². The quantitative estimate of drug-likeness (QED) is 0.645. The number of halogens is 1. The van der Waals surface area contributed by atoms with E-state index in [1.165, 1.54) is 0 Å². The van der Waals surface area contributed by atoms with Gasteiger partial charge in [-0.05, 0) is 6.07 Å². The molecule has 7 nitrogen and oxygen atoms in total. The lowest BCUT2D eigenvalue weighted by Crippen LogP contribution is -2.22. The third-order valence-electron chi connectivity index (χ3n) is 2.13. The monoisotopic (exact) mass is 295 g/mol. The van der Waals surface area contributed by atoms with Gasteiger partial charge in [0.15, 0.2) is 12.4 Å². The summed E-state index contributed by atoms with van der Waals surface area (Å²) in [6, 6.07) is 6.67. The summed E-state index contributed by atoms with van der Waals surface area (Å²) in [6.07, 6.45) is 3.57. The van der Waals surface area contributed by atoms with Gasteiger partial charge < -0.3 is 15.6 Å². The molecule has 0 bridgehead atoms. The maximum atomic E-state index is 10.3. The van der Waals surface area contributed by atoms with Crippen LogP contribution in [0.15, 0.2) is 42.7 Å². The molecule has 3 N–H and O–H groups in total. The van der Waals surface area contributed by atoms with Crippen LogP contribution in [-0.4, -0.2) is 10.9 Å². The summed E-state index contributed by atoms with van der Waals surface area (Å²) in [6.45, 7) is 0. The molecule has 8 heteroatoms. The molecule has 0 saturated carbocycles. The summed E-state index contributed by atoms with van der Waals surface area (Å²) in [5.74, 6) is -1.46. The molecule has 1 heterocycles. The zero-order chi connectivity index (χ0) is 15.1. The van der Waals surface area contributed by atoms with Gasteiger partial charge in [-0.25, -0.2) is 4.98 Å². The highest BCUT2D eigenvalue weighted by Crippen LogP contribution is 2.21. The van der Waals surface area contributed by atoms with Crippen molar-refractivity contribution in [3.05, 3.63) is 63.4 Å². The number of benzene rings is 1. The molecule has 0 amide bonds. The van der Waals surface area contributed by atoms with Gasteiger partial charge in [0.05, 0.1) is 15.9 Å². The number of anilines is 1. The van der Waals surface area contributed by atoms with Crippen molar-refractivity contribution in [3.63, 3.8) is 0 Å². The smallest absolute Gasteiger partial charge is 0.270 e. The van der Waals surface area contributed by atoms with Crippen molar-refractivity contribution < 1.29 is 19.8 Å². The molecule has 0 radical (unpaired) electrons. The molecule has 0 aliphatic rings. The van der Waals surface area contributed by atoms with Gasteiger partial charge in [-0.3, -0.25) is 10.1 Å². The summed E-state index contributed by atoms with van der Waals surface area (Å²) in [7, 11) is 0.